The van der Waals surface area contributed by atoms with Crippen molar-refractivity contribution in [3.05, 3.63) is 65.7 Å². The van der Waals surface area contributed by atoms with Gasteiger partial charge < -0.3 is 14.8 Å². The number of hydrogen-bond donors (Lipinski definition) is 1. The first-order valence-corrected chi connectivity index (χ1v) is 8.05. The van der Waals surface area contributed by atoms with Gasteiger partial charge in [0.25, 0.3) is 0 Å². The van der Waals surface area contributed by atoms with Crippen LogP contribution in [0.25, 0.3) is 0 Å². The van der Waals surface area contributed by atoms with E-state index < -0.39 is 0 Å². The fourth-order valence-corrected chi connectivity index (χ4v) is 2.63. The molecule has 4 nitrogen and oxygen atoms in total. The Morgan fingerprint density at radius 1 is 1.21 bits per heavy atom. The van der Waals surface area contributed by atoms with Crippen LogP contribution in [0.2, 0.25) is 0 Å². The third-order valence-corrected chi connectivity index (χ3v) is 3.68. The van der Waals surface area contributed by atoms with E-state index in [1.54, 1.807) is 6.08 Å². The largest absolute Gasteiger partial charge is 0.488 e. The molecule has 124 valence electrons. The Kier molecular flexibility index (Phi) is 4.85. The summed E-state index contributed by atoms with van der Waals surface area (Å²) in [5.41, 5.74) is 2.08. The summed E-state index contributed by atoms with van der Waals surface area (Å²) in [7, 11) is 0. The molecule has 1 atom stereocenters. The number of rotatable bonds is 5. The number of carbonyl (C=O) groups is 1. The minimum Gasteiger partial charge on any atom is -0.488 e. The first-order valence-electron chi connectivity index (χ1n) is 8.05. The normalized spacial score (nSPS) is 15.2. The number of hydrogen-bond acceptors (Lipinski definition) is 3. The smallest absolute Gasteiger partial charge is 0.244 e. The monoisotopic (exact) mass is 323 g/mol. The highest BCUT2D eigenvalue weighted by Gasteiger charge is 2.23. The lowest BCUT2D eigenvalue weighted by molar-refractivity contribution is -0.116. The molecule has 1 aliphatic rings. The molecule has 0 aliphatic carbocycles. The number of carbonyl (C=O) groups excluding carboxylic acids is 1. The zero-order valence-corrected chi connectivity index (χ0v) is 13.9. The van der Waals surface area contributed by atoms with Crippen molar-refractivity contribution in [2.75, 3.05) is 6.54 Å². The summed E-state index contributed by atoms with van der Waals surface area (Å²) in [5, 5.41) is 2.87. The van der Waals surface area contributed by atoms with Crippen LogP contribution >= 0.6 is 0 Å². The molecule has 2 aromatic carbocycles. The van der Waals surface area contributed by atoms with Crippen LogP contribution in [-0.2, 0) is 11.2 Å². The van der Waals surface area contributed by atoms with E-state index >= 15 is 0 Å². The average molecular weight is 323 g/mol. The third-order valence-electron chi connectivity index (χ3n) is 3.68. The van der Waals surface area contributed by atoms with Crippen LogP contribution in [0.15, 0.2) is 60.2 Å². The number of fused-ring (bicyclic) bond motifs is 1. The number of ether oxygens (including phenoxy) is 2. The zero-order chi connectivity index (χ0) is 16.9. The molecule has 2 aromatic rings. The summed E-state index contributed by atoms with van der Waals surface area (Å²) >= 11 is 0. The molecule has 0 bridgehead atoms. The van der Waals surface area contributed by atoms with Crippen molar-refractivity contribution in [2.45, 2.75) is 26.4 Å². The van der Waals surface area contributed by atoms with E-state index in [9.17, 15) is 4.79 Å². The molecule has 24 heavy (non-hydrogen) atoms. The van der Waals surface area contributed by atoms with Crippen molar-refractivity contribution in [2.24, 2.45) is 0 Å². The van der Waals surface area contributed by atoms with Gasteiger partial charge in [-0.2, -0.15) is 0 Å². The van der Waals surface area contributed by atoms with E-state index in [1.165, 1.54) is 0 Å². The van der Waals surface area contributed by atoms with Gasteiger partial charge in [0.2, 0.25) is 5.91 Å². The van der Waals surface area contributed by atoms with Crippen LogP contribution in [0.3, 0.4) is 0 Å². The summed E-state index contributed by atoms with van der Waals surface area (Å²) in [4.78, 5) is 11.7. The average Bonchev–Trinajstić information content (AvgIpc) is 2.95. The minimum atomic E-state index is -0.0809. The van der Waals surface area contributed by atoms with Crippen LogP contribution in [0.5, 0.6) is 17.2 Å². The maximum absolute atomic E-state index is 11.7. The van der Waals surface area contributed by atoms with Crippen molar-refractivity contribution in [3.8, 4) is 17.2 Å². The summed E-state index contributed by atoms with van der Waals surface area (Å²) in [6.45, 7) is 4.29. The van der Waals surface area contributed by atoms with Gasteiger partial charge in [-0.1, -0.05) is 23.8 Å². The highest BCUT2D eigenvalue weighted by molar-refractivity contribution is 5.88. The van der Waals surface area contributed by atoms with E-state index in [2.05, 4.69) is 5.32 Å². The fourth-order valence-electron chi connectivity index (χ4n) is 2.63. The predicted octanol–water partition coefficient (Wildman–Crippen LogP) is 3.86. The minimum absolute atomic E-state index is 0.0403. The van der Waals surface area contributed by atoms with Gasteiger partial charge in [-0.05, 0) is 44.2 Å². The SMILES string of the molecule is CC(C)=CC(=O)NCC1Cc2cc(Oc3ccccc3)ccc2O1. The molecule has 4 heteroatoms. The molecule has 1 aliphatic heterocycles. The molecular formula is C20H21NO3. The molecule has 3 rings (SSSR count). The Labute approximate surface area is 142 Å². The van der Waals surface area contributed by atoms with Crippen molar-refractivity contribution in [3.63, 3.8) is 0 Å². The number of para-hydroxylation sites is 1. The number of benzene rings is 2. The summed E-state index contributed by atoms with van der Waals surface area (Å²) in [6.07, 6.45) is 2.31. The molecule has 0 radical (unpaired) electrons. The number of amides is 1. The molecule has 1 N–H and O–H groups in total. The van der Waals surface area contributed by atoms with Gasteiger partial charge in [-0.25, -0.2) is 0 Å². The maximum Gasteiger partial charge on any atom is 0.244 e. The first kappa shape index (κ1) is 16.1. The molecule has 0 saturated heterocycles. The molecule has 0 spiro atoms. The number of allylic oxidation sites excluding steroid dienone is 1. The van der Waals surface area contributed by atoms with Crippen molar-refractivity contribution < 1.29 is 14.3 Å². The molecule has 0 fully saturated rings. The van der Waals surface area contributed by atoms with Gasteiger partial charge in [0.05, 0.1) is 6.54 Å². The van der Waals surface area contributed by atoms with Crippen molar-refractivity contribution in [1.29, 1.82) is 0 Å². The quantitative estimate of drug-likeness (QED) is 0.850. The summed E-state index contributed by atoms with van der Waals surface area (Å²) in [5.74, 6) is 2.37. The van der Waals surface area contributed by atoms with Crippen molar-refractivity contribution in [1.82, 2.24) is 5.32 Å². The van der Waals surface area contributed by atoms with Gasteiger partial charge >= 0.3 is 0 Å². The van der Waals surface area contributed by atoms with Gasteiger partial charge in [-0.15, -0.1) is 0 Å². The van der Waals surface area contributed by atoms with Crippen LogP contribution in [0.1, 0.15) is 19.4 Å². The second-order valence-electron chi connectivity index (χ2n) is 6.10. The molecule has 0 saturated carbocycles. The van der Waals surface area contributed by atoms with Gasteiger partial charge in [0, 0.05) is 18.1 Å². The standard InChI is InChI=1S/C20H21NO3/c1-14(2)10-20(22)21-13-18-12-15-11-17(8-9-19(15)24-18)23-16-6-4-3-5-7-16/h3-11,18H,12-13H2,1-2H3,(H,21,22). The van der Waals surface area contributed by atoms with Crippen molar-refractivity contribution >= 4 is 5.91 Å². The van der Waals surface area contributed by atoms with Crippen LogP contribution in [-0.4, -0.2) is 18.6 Å². The van der Waals surface area contributed by atoms with Crippen LogP contribution in [0.4, 0.5) is 0 Å². The topological polar surface area (TPSA) is 47.6 Å². The summed E-state index contributed by atoms with van der Waals surface area (Å²) in [6, 6.07) is 15.5. The second kappa shape index (κ2) is 7.21. The molecule has 1 heterocycles. The van der Waals surface area contributed by atoms with E-state index in [0.29, 0.717) is 6.54 Å². The Morgan fingerprint density at radius 3 is 2.75 bits per heavy atom. The Morgan fingerprint density at radius 2 is 2.00 bits per heavy atom. The van der Waals surface area contributed by atoms with Crippen LogP contribution in [0, 0.1) is 0 Å². The molecule has 1 unspecified atom stereocenters. The summed E-state index contributed by atoms with van der Waals surface area (Å²) < 4.78 is 11.7. The van der Waals surface area contributed by atoms with E-state index in [4.69, 9.17) is 9.47 Å². The molecule has 0 aromatic heterocycles. The van der Waals surface area contributed by atoms with Gasteiger partial charge in [0.15, 0.2) is 0 Å². The lowest BCUT2D eigenvalue weighted by Gasteiger charge is -2.10. The highest BCUT2D eigenvalue weighted by atomic mass is 16.5. The van der Waals surface area contributed by atoms with Gasteiger partial charge in [-0.3, -0.25) is 4.79 Å². The molecular weight excluding hydrogens is 302 g/mol. The number of nitrogens with one attached hydrogen (secondary N) is 1. The third kappa shape index (κ3) is 4.16. The van der Waals surface area contributed by atoms with Gasteiger partial charge in [0.1, 0.15) is 23.4 Å². The Bertz CT molecular complexity index is 749. The lowest BCUT2D eigenvalue weighted by Crippen LogP contribution is -2.33. The zero-order valence-electron chi connectivity index (χ0n) is 13.9. The lowest BCUT2D eigenvalue weighted by atomic mass is 10.1. The Balaban J connectivity index is 1.59. The second-order valence-corrected chi connectivity index (χ2v) is 6.10. The first-order chi connectivity index (χ1) is 11.6. The van der Waals surface area contributed by atoms with Crippen LogP contribution < -0.4 is 14.8 Å². The fraction of sp³-hybridized carbons (Fsp3) is 0.250. The van der Waals surface area contributed by atoms with E-state index in [-0.39, 0.29) is 12.0 Å². The highest BCUT2D eigenvalue weighted by Crippen LogP contribution is 2.33. The van der Waals surface area contributed by atoms with E-state index in [0.717, 1.165) is 34.8 Å². The predicted molar refractivity (Wildman–Crippen MR) is 93.5 cm³/mol. The Hall–Kier alpha value is -2.75. The van der Waals surface area contributed by atoms with E-state index in [1.807, 2.05) is 62.4 Å². The maximum atomic E-state index is 11.7. The molecule has 1 amide bonds.